The van der Waals surface area contributed by atoms with Crippen molar-refractivity contribution in [3.05, 3.63) is 48.6 Å². The van der Waals surface area contributed by atoms with Crippen LogP contribution in [0.2, 0.25) is 0 Å². The second-order valence-electron chi connectivity index (χ2n) is 7.01. The van der Waals surface area contributed by atoms with Crippen LogP contribution in [0.1, 0.15) is 31.2 Å². The highest BCUT2D eigenvalue weighted by Gasteiger charge is 2.57. The smallest absolute Gasteiger partial charge is 0.238 e. The molecule has 0 radical (unpaired) electrons. The average molecular weight is 326 g/mol. The van der Waals surface area contributed by atoms with Crippen molar-refractivity contribution in [2.24, 2.45) is 11.3 Å². The number of nitrogens with one attached hydrogen (secondary N) is 1. The van der Waals surface area contributed by atoms with Crippen LogP contribution in [0.5, 0.6) is 0 Å². The number of piperidine rings is 1. The zero-order valence-corrected chi connectivity index (χ0v) is 14.2. The first kappa shape index (κ1) is 16.7. The summed E-state index contributed by atoms with van der Waals surface area (Å²) in [4.78, 5) is 27.0. The molecule has 1 saturated heterocycles. The van der Waals surface area contributed by atoms with Crippen LogP contribution in [-0.2, 0) is 16.0 Å². The molecule has 2 aliphatic rings. The largest absolute Gasteiger partial charge is 0.352 e. The molecule has 4 heteroatoms. The quantitative estimate of drug-likeness (QED) is 0.645. The van der Waals surface area contributed by atoms with Crippen LogP contribution < -0.4 is 5.32 Å². The number of nitrogens with zero attached hydrogens (tertiary/aromatic N) is 1. The highest BCUT2D eigenvalue weighted by atomic mass is 16.2. The molecule has 0 unspecified atom stereocenters. The number of rotatable bonds is 6. The minimum atomic E-state index is -0.782. The van der Waals surface area contributed by atoms with Gasteiger partial charge in [-0.2, -0.15) is 0 Å². The van der Waals surface area contributed by atoms with Crippen LogP contribution in [0.15, 0.2) is 43.0 Å². The summed E-state index contributed by atoms with van der Waals surface area (Å²) >= 11 is 0. The summed E-state index contributed by atoms with van der Waals surface area (Å²) in [6.45, 7) is 5.57. The van der Waals surface area contributed by atoms with Crippen molar-refractivity contribution < 1.29 is 9.59 Å². The SMILES string of the molecule is C=CCNC(=O)C1(C(=O)N2CCC(Cc3ccccc3)CC2)CC1. The van der Waals surface area contributed by atoms with E-state index in [0.717, 1.165) is 32.4 Å². The molecule has 1 aliphatic heterocycles. The molecule has 2 fully saturated rings. The molecule has 0 spiro atoms. The summed E-state index contributed by atoms with van der Waals surface area (Å²) in [7, 11) is 0. The Hall–Kier alpha value is -2.10. The maximum Gasteiger partial charge on any atom is 0.238 e. The number of amides is 2. The molecule has 1 saturated carbocycles. The fourth-order valence-electron chi connectivity index (χ4n) is 3.59. The second kappa shape index (κ2) is 7.20. The van der Waals surface area contributed by atoms with Crippen molar-refractivity contribution in [1.29, 1.82) is 0 Å². The van der Waals surface area contributed by atoms with Crippen molar-refractivity contribution >= 4 is 11.8 Å². The van der Waals surface area contributed by atoms with E-state index < -0.39 is 5.41 Å². The molecule has 1 aliphatic carbocycles. The number of hydrogen-bond donors (Lipinski definition) is 1. The molecule has 4 nitrogen and oxygen atoms in total. The maximum atomic E-state index is 12.8. The Kier molecular flexibility index (Phi) is 5.03. The third kappa shape index (κ3) is 3.53. The van der Waals surface area contributed by atoms with Gasteiger partial charge in [0.05, 0.1) is 0 Å². The lowest BCUT2D eigenvalue weighted by Crippen LogP contribution is -2.48. The van der Waals surface area contributed by atoms with Gasteiger partial charge in [0.1, 0.15) is 5.41 Å². The Morgan fingerprint density at radius 1 is 1.21 bits per heavy atom. The molecular weight excluding hydrogens is 300 g/mol. The molecule has 128 valence electrons. The van der Waals surface area contributed by atoms with Crippen LogP contribution in [0.25, 0.3) is 0 Å². The molecule has 1 aromatic rings. The monoisotopic (exact) mass is 326 g/mol. The number of carbonyl (C=O) groups is 2. The van der Waals surface area contributed by atoms with Crippen molar-refractivity contribution in [2.45, 2.75) is 32.1 Å². The highest BCUT2D eigenvalue weighted by molar-refractivity contribution is 6.07. The lowest BCUT2D eigenvalue weighted by Gasteiger charge is -2.34. The van der Waals surface area contributed by atoms with E-state index in [1.807, 2.05) is 11.0 Å². The van der Waals surface area contributed by atoms with E-state index in [2.05, 4.69) is 36.2 Å². The number of carbonyl (C=O) groups excluding carboxylic acids is 2. The Labute approximate surface area is 143 Å². The lowest BCUT2D eigenvalue weighted by molar-refractivity contribution is -0.145. The molecule has 1 aromatic carbocycles. The molecule has 1 heterocycles. The Morgan fingerprint density at radius 3 is 2.46 bits per heavy atom. The van der Waals surface area contributed by atoms with Crippen LogP contribution in [-0.4, -0.2) is 36.3 Å². The molecular formula is C20H26N2O2. The van der Waals surface area contributed by atoms with E-state index in [1.165, 1.54) is 5.56 Å². The number of benzene rings is 1. The van der Waals surface area contributed by atoms with Gasteiger partial charge in [0, 0.05) is 19.6 Å². The molecule has 24 heavy (non-hydrogen) atoms. The minimum absolute atomic E-state index is 0.0298. The van der Waals surface area contributed by atoms with Gasteiger partial charge in [-0.3, -0.25) is 9.59 Å². The summed E-state index contributed by atoms with van der Waals surface area (Å²) in [6, 6.07) is 10.5. The van der Waals surface area contributed by atoms with Gasteiger partial charge in [0.25, 0.3) is 0 Å². The van der Waals surface area contributed by atoms with Crippen molar-refractivity contribution in [1.82, 2.24) is 10.2 Å². The van der Waals surface area contributed by atoms with Crippen molar-refractivity contribution in [3.8, 4) is 0 Å². The van der Waals surface area contributed by atoms with E-state index in [4.69, 9.17) is 0 Å². The number of hydrogen-bond acceptors (Lipinski definition) is 2. The standard InChI is InChI=1S/C20H26N2O2/c1-2-12-21-18(23)20(10-11-20)19(24)22-13-8-17(9-14-22)15-16-6-4-3-5-7-16/h2-7,17H,1,8-15H2,(H,21,23). The zero-order valence-electron chi connectivity index (χ0n) is 14.2. The van der Waals surface area contributed by atoms with Gasteiger partial charge < -0.3 is 10.2 Å². The predicted octanol–water partition coefficient (Wildman–Crippen LogP) is 2.55. The van der Waals surface area contributed by atoms with Gasteiger partial charge in [-0.05, 0) is 43.6 Å². The Balaban J connectivity index is 1.52. The topological polar surface area (TPSA) is 49.4 Å². The fraction of sp³-hybridized carbons (Fsp3) is 0.500. The molecule has 1 N–H and O–H groups in total. The Morgan fingerprint density at radius 2 is 1.88 bits per heavy atom. The predicted molar refractivity (Wildman–Crippen MR) is 94.3 cm³/mol. The van der Waals surface area contributed by atoms with Gasteiger partial charge in [-0.25, -0.2) is 0 Å². The summed E-state index contributed by atoms with van der Waals surface area (Å²) in [5, 5.41) is 2.79. The minimum Gasteiger partial charge on any atom is -0.352 e. The molecule has 2 amide bonds. The van der Waals surface area contributed by atoms with E-state index in [0.29, 0.717) is 25.3 Å². The highest BCUT2D eigenvalue weighted by Crippen LogP contribution is 2.48. The fourth-order valence-corrected chi connectivity index (χ4v) is 3.59. The van der Waals surface area contributed by atoms with Crippen LogP contribution in [0.3, 0.4) is 0 Å². The number of likely N-dealkylation sites (tertiary alicyclic amines) is 1. The first-order valence-corrected chi connectivity index (χ1v) is 8.88. The Bertz CT molecular complexity index is 599. The summed E-state index contributed by atoms with van der Waals surface area (Å²) in [5.41, 5.74) is 0.583. The average Bonchev–Trinajstić information content (AvgIpc) is 3.42. The van der Waals surface area contributed by atoms with Crippen LogP contribution >= 0.6 is 0 Å². The van der Waals surface area contributed by atoms with Gasteiger partial charge in [0.2, 0.25) is 11.8 Å². The maximum absolute atomic E-state index is 12.8. The van der Waals surface area contributed by atoms with Gasteiger partial charge >= 0.3 is 0 Å². The third-order valence-corrected chi connectivity index (χ3v) is 5.27. The van der Waals surface area contributed by atoms with E-state index >= 15 is 0 Å². The second-order valence-corrected chi connectivity index (χ2v) is 7.01. The molecule has 0 atom stereocenters. The van der Waals surface area contributed by atoms with Crippen molar-refractivity contribution in [3.63, 3.8) is 0 Å². The molecule has 0 bridgehead atoms. The summed E-state index contributed by atoms with van der Waals surface area (Å²) < 4.78 is 0. The van der Waals surface area contributed by atoms with Crippen LogP contribution in [0, 0.1) is 11.3 Å². The van der Waals surface area contributed by atoms with Crippen LogP contribution in [0.4, 0.5) is 0 Å². The van der Waals surface area contributed by atoms with E-state index in [-0.39, 0.29) is 11.8 Å². The van der Waals surface area contributed by atoms with Gasteiger partial charge in [-0.15, -0.1) is 6.58 Å². The zero-order chi connectivity index (χ0) is 17.0. The first-order valence-electron chi connectivity index (χ1n) is 8.88. The van der Waals surface area contributed by atoms with Crippen molar-refractivity contribution in [2.75, 3.05) is 19.6 Å². The molecule has 3 rings (SSSR count). The first-order chi connectivity index (χ1) is 11.7. The third-order valence-electron chi connectivity index (χ3n) is 5.27. The lowest BCUT2D eigenvalue weighted by atomic mass is 9.89. The molecule has 0 aromatic heterocycles. The normalized spacial score (nSPS) is 19.6. The van der Waals surface area contributed by atoms with Gasteiger partial charge in [-0.1, -0.05) is 36.4 Å². The van der Waals surface area contributed by atoms with E-state index in [1.54, 1.807) is 6.08 Å². The summed E-state index contributed by atoms with van der Waals surface area (Å²) in [6.07, 6.45) is 6.12. The van der Waals surface area contributed by atoms with Gasteiger partial charge in [0.15, 0.2) is 0 Å². The van der Waals surface area contributed by atoms with E-state index in [9.17, 15) is 9.59 Å². The summed E-state index contributed by atoms with van der Waals surface area (Å²) in [5.74, 6) is 0.530.